The SMILES string of the molecule is CC.CCOC(=O)CC(CC1CCCCC1)NC. The van der Waals surface area contributed by atoms with Crippen LogP contribution in [-0.4, -0.2) is 25.7 Å². The van der Waals surface area contributed by atoms with Crippen molar-refractivity contribution >= 4 is 5.97 Å². The van der Waals surface area contributed by atoms with Crippen molar-refractivity contribution in [1.29, 1.82) is 0 Å². The Bertz CT molecular complexity index is 201. The highest BCUT2D eigenvalue weighted by Crippen LogP contribution is 2.27. The molecule has 0 radical (unpaired) electrons. The van der Waals surface area contributed by atoms with Gasteiger partial charge in [0.2, 0.25) is 0 Å². The second kappa shape index (κ2) is 11.5. The van der Waals surface area contributed by atoms with Gasteiger partial charge >= 0.3 is 5.97 Å². The molecule has 1 saturated carbocycles. The minimum Gasteiger partial charge on any atom is -0.466 e. The van der Waals surface area contributed by atoms with Crippen LogP contribution in [0.3, 0.4) is 0 Å². The molecule has 0 saturated heterocycles. The first kappa shape index (κ1) is 17.4. The molecule has 1 fully saturated rings. The molecular formula is C15H31NO2. The Morgan fingerprint density at radius 3 is 2.39 bits per heavy atom. The molecule has 0 amide bonds. The van der Waals surface area contributed by atoms with Crippen LogP contribution in [0.4, 0.5) is 0 Å². The largest absolute Gasteiger partial charge is 0.466 e. The topological polar surface area (TPSA) is 38.3 Å². The van der Waals surface area contributed by atoms with Crippen molar-refractivity contribution in [3.05, 3.63) is 0 Å². The van der Waals surface area contributed by atoms with Gasteiger partial charge in [0.25, 0.3) is 0 Å². The van der Waals surface area contributed by atoms with Crippen LogP contribution in [0.25, 0.3) is 0 Å². The second-order valence-corrected chi connectivity index (χ2v) is 4.73. The fourth-order valence-electron chi connectivity index (χ4n) is 2.55. The lowest BCUT2D eigenvalue weighted by Gasteiger charge is -2.25. The van der Waals surface area contributed by atoms with Crippen molar-refractivity contribution in [2.24, 2.45) is 5.92 Å². The van der Waals surface area contributed by atoms with E-state index in [2.05, 4.69) is 5.32 Å². The van der Waals surface area contributed by atoms with E-state index < -0.39 is 0 Å². The van der Waals surface area contributed by atoms with E-state index >= 15 is 0 Å². The fraction of sp³-hybridized carbons (Fsp3) is 0.933. The molecule has 0 heterocycles. The Hall–Kier alpha value is -0.570. The summed E-state index contributed by atoms with van der Waals surface area (Å²) in [5.41, 5.74) is 0. The third kappa shape index (κ3) is 7.70. The summed E-state index contributed by atoms with van der Waals surface area (Å²) in [6.45, 7) is 6.34. The normalized spacial score (nSPS) is 17.6. The maximum Gasteiger partial charge on any atom is 0.307 e. The molecule has 0 bridgehead atoms. The van der Waals surface area contributed by atoms with Gasteiger partial charge in [-0.15, -0.1) is 0 Å². The van der Waals surface area contributed by atoms with Crippen LogP contribution in [0.1, 0.15) is 65.7 Å². The van der Waals surface area contributed by atoms with E-state index in [0.29, 0.717) is 19.1 Å². The minimum atomic E-state index is -0.0716. The van der Waals surface area contributed by atoms with E-state index in [9.17, 15) is 4.79 Å². The van der Waals surface area contributed by atoms with Gasteiger partial charge in [-0.05, 0) is 26.3 Å². The molecule has 1 N–H and O–H groups in total. The quantitative estimate of drug-likeness (QED) is 0.740. The highest BCUT2D eigenvalue weighted by atomic mass is 16.5. The predicted octanol–water partition coefficient (Wildman–Crippen LogP) is 3.52. The number of carbonyl (C=O) groups is 1. The monoisotopic (exact) mass is 257 g/mol. The molecule has 108 valence electrons. The van der Waals surface area contributed by atoms with Crippen LogP contribution in [0.15, 0.2) is 0 Å². The van der Waals surface area contributed by atoms with Gasteiger partial charge < -0.3 is 10.1 Å². The summed E-state index contributed by atoms with van der Waals surface area (Å²) in [7, 11) is 1.94. The lowest BCUT2D eigenvalue weighted by Crippen LogP contribution is -2.31. The van der Waals surface area contributed by atoms with E-state index in [0.717, 1.165) is 12.3 Å². The van der Waals surface area contributed by atoms with Crippen molar-refractivity contribution < 1.29 is 9.53 Å². The van der Waals surface area contributed by atoms with Gasteiger partial charge in [0.1, 0.15) is 0 Å². The first-order chi connectivity index (χ1) is 8.76. The number of hydrogen-bond donors (Lipinski definition) is 1. The second-order valence-electron chi connectivity index (χ2n) is 4.73. The number of carbonyl (C=O) groups excluding carboxylic acids is 1. The highest BCUT2D eigenvalue weighted by molar-refractivity contribution is 5.70. The molecule has 18 heavy (non-hydrogen) atoms. The van der Waals surface area contributed by atoms with E-state index in [1.165, 1.54) is 32.1 Å². The van der Waals surface area contributed by atoms with E-state index in [1.54, 1.807) is 0 Å². The molecule has 0 aromatic heterocycles. The van der Waals surface area contributed by atoms with E-state index in [4.69, 9.17) is 4.74 Å². The third-order valence-electron chi connectivity index (χ3n) is 3.47. The van der Waals surface area contributed by atoms with Gasteiger partial charge in [0, 0.05) is 6.04 Å². The smallest absolute Gasteiger partial charge is 0.307 e. The number of hydrogen-bond acceptors (Lipinski definition) is 3. The number of nitrogens with one attached hydrogen (secondary N) is 1. The maximum atomic E-state index is 11.4. The first-order valence-electron chi connectivity index (χ1n) is 7.59. The molecule has 0 aliphatic heterocycles. The Morgan fingerprint density at radius 1 is 1.28 bits per heavy atom. The van der Waals surface area contributed by atoms with Crippen molar-refractivity contribution in [2.75, 3.05) is 13.7 Å². The van der Waals surface area contributed by atoms with Crippen LogP contribution >= 0.6 is 0 Å². The average molecular weight is 257 g/mol. The molecule has 1 unspecified atom stereocenters. The van der Waals surface area contributed by atoms with Gasteiger partial charge in [0.05, 0.1) is 13.0 Å². The maximum absolute atomic E-state index is 11.4. The highest BCUT2D eigenvalue weighted by Gasteiger charge is 2.20. The molecule has 1 aliphatic carbocycles. The minimum absolute atomic E-state index is 0.0716. The van der Waals surface area contributed by atoms with Gasteiger partial charge in [-0.3, -0.25) is 4.79 Å². The zero-order valence-corrected chi connectivity index (χ0v) is 12.6. The molecule has 1 rings (SSSR count). The fourth-order valence-corrected chi connectivity index (χ4v) is 2.55. The van der Waals surface area contributed by atoms with Gasteiger partial charge in [0.15, 0.2) is 0 Å². The van der Waals surface area contributed by atoms with Gasteiger partial charge in [-0.1, -0.05) is 46.0 Å². The van der Waals surface area contributed by atoms with Crippen LogP contribution in [0, 0.1) is 5.92 Å². The summed E-state index contributed by atoms with van der Waals surface area (Å²) in [5, 5.41) is 3.24. The van der Waals surface area contributed by atoms with Gasteiger partial charge in [-0.2, -0.15) is 0 Å². The van der Waals surface area contributed by atoms with Crippen LogP contribution < -0.4 is 5.32 Å². The Kier molecular flexibility index (Phi) is 11.2. The molecule has 0 aromatic rings. The first-order valence-corrected chi connectivity index (χ1v) is 7.59. The third-order valence-corrected chi connectivity index (χ3v) is 3.47. The molecule has 3 nitrogen and oxygen atoms in total. The molecule has 1 aliphatic rings. The summed E-state index contributed by atoms with van der Waals surface area (Å²) >= 11 is 0. The summed E-state index contributed by atoms with van der Waals surface area (Å²) in [4.78, 5) is 11.4. The lowest BCUT2D eigenvalue weighted by atomic mass is 9.84. The average Bonchev–Trinajstić information content (AvgIpc) is 2.41. The Morgan fingerprint density at radius 2 is 1.89 bits per heavy atom. The summed E-state index contributed by atoms with van der Waals surface area (Å²) < 4.78 is 4.98. The standard InChI is InChI=1S/C13H25NO2.C2H6/c1-3-16-13(15)10-12(14-2)9-11-7-5-4-6-8-11;1-2/h11-12,14H,3-10H2,1-2H3;1-2H3. The summed E-state index contributed by atoms with van der Waals surface area (Å²) in [6.07, 6.45) is 8.41. The molecule has 3 heteroatoms. The van der Waals surface area contributed by atoms with Gasteiger partial charge in [-0.25, -0.2) is 0 Å². The van der Waals surface area contributed by atoms with Crippen LogP contribution in [0.5, 0.6) is 0 Å². The Balaban J connectivity index is 0.00000137. The summed E-state index contributed by atoms with van der Waals surface area (Å²) in [5.74, 6) is 0.735. The molecular weight excluding hydrogens is 226 g/mol. The summed E-state index contributed by atoms with van der Waals surface area (Å²) in [6, 6.07) is 0.294. The van der Waals surface area contributed by atoms with Crippen LogP contribution in [-0.2, 0) is 9.53 Å². The zero-order chi connectivity index (χ0) is 13.8. The number of rotatable bonds is 6. The molecule has 1 atom stereocenters. The zero-order valence-electron chi connectivity index (χ0n) is 12.6. The Labute approximate surface area is 113 Å². The number of esters is 1. The van der Waals surface area contributed by atoms with E-state index in [-0.39, 0.29) is 5.97 Å². The lowest BCUT2D eigenvalue weighted by molar-refractivity contribution is -0.143. The number of ether oxygens (including phenoxy) is 1. The molecule has 0 spiro atoms. The van der Waals surface area contributed by atoms with Crippen molar-refractivity contribution in [3.63, 3.8) is 0 Å². The van der Waals surface area contributed by atoms with Crippen LogP contribution in [0.2, 0.25) is 0 Å². The van der Waals surface area contributed by atoms with E-state index in [1.807, 2.05) is 27.8 Å². The van der Waals surface area contributed by atoms with Crippen molar-refractivity contribution in [2.45, 2.75) is 71.8 Å². The molecule has 0 aromatic carbocycles. The van der Waals surface area contributed by atoms with Crippen molar-refractivity contribution in [1.82, 2.24) is 5.32 Å². The van der Waals surface area contributed by atoms with Crippen molar-refractivity contribution in [3.8, 4) is 0 Å². The predicted molar refractivity (Wildman–Crippen MR) is 76.6 cm³/mol.